The topological polar surface area (TPSA) is 44.8 Å². The molecule has 0 saturated carbocycles. The first-order chi connectivity index (χ1) is 18.3. The minimum absolute atomic E-state index is 0.149. The Labute approximate surface area is 233 Å². The van der Waals surface area contributed by atoms with Crippen molar-refractivity contribution in [3.05, 3.63) is 104 Å². The van der Waals surface area contributed by atoms with E-state index in [9.17, 15) is 3.83 Å². The average molecular weight is 596 g/mol. The second kappa shape index (κ2) is 12.8. The van der Waals surface area contributed by atoms with Crippen molar-refractivity contribution in [1.29, 1.82) is 0 Å². The third kappa shape index (κ3) is 6.34. The molecule has 3 aromatic rings. The summed E-state index contributed by atoms with van der Waals surface area (Å²) in [6.07, 6.45) is 2.01. The van der Waals surface area contributed by atoms with Crippen LogP contribution in [0.5, 0.6) is 0 Å². The Morgan fingerprint density at radius 2 is 1.45 bits per heavy atom. The van der Waals surface area contributed by atoms with Gasteiger partial charge < -0.3 is 0 Å². The Morgan fingerprint density at radius 3 is 1.92 bits per heavy atom. The molecule has 1 aliphatic heterocycles. The van der Waals surface area contributed by atoms with Gasteiger partial charge in [0.25, 0.3) is 0 Å². The van der Waals surface area contributed by atoms with Gasteiger partial charge in [0.1, 0.15) is 0 Å². The Hall–Kier alpha value is -2.18. The van der Waals surface area contributed by atoms with Gasteiger partial charge in [0, 0.05) is 0 Å². The zero-order valence-electron chi connectivity index (χ0n) is 22.9. The second-order valence-electron chi connectivity index (χ2n) is 10.8. The maximum atomic E-state index is 13.2. The van der Waals surface area contributed by atoms with Crippen molar-refractivity contribution in [2.24, 2.45) is 0 Å². The van der Waals surface area contributed by atoms with Crippen LogP contribution in [0.4, 0.5) is 0 Å². The second-order valence-corrected chi connectivity index (χ2v) is 18.2. The Kier molecular flexibility index (Phi) is 9.69. The van der Waals surface area contributed by atoms with Crippen LogP contribution >= 0.6 is 0 Å². The summed E-state index contributed by atoms with van der Waals surface area (Å²) in [5.74, 6) is 0. The van der Waals surface area contributed by atoms with E-state index in [0.717, 1.165) is 10.9 Å². The molecule has 3 unspecified atom stereocenters. The molecule has 0 N–H and O–H groups in total. The van der Waals surface area contributed by atoms with Crippen LogP contribution in [0.3, 0.4) is 0 Å². The molecule has 0 aromatic heterocycles. The van der Waals surface area contributed by atoms with Gasteiger partial charge in [-0.3, -0.25) is 0 Å². The van der Waals surface area contributed by atoms with Crippen molar-refractivity contribution in [2.75, 3.05) is 0 Å². The molecule has 5 atom stereocenters. The SMILES string of the molecule is C=CC1C[C@@H](O[Si](c2ccccc2)(c2ccccc2)C(C)(C)C)[C@H](CC)OC(C[Se](=O)c2ccccc2)O1. The van der Waals surface area contributed by atoms with Gasteiger partial charge in [-0.05, 0) is 0 Å². The van der Waals surface area contributed by atoms with Crippen molar-refractivity contribution < 1.29 is 17.7 Å². The summed E-state index contributed by atoms with van der Waals surface area (Å²) < 4.78 is 34.5. The summed E-state index contributed by atoms with van der Waals surface area (Å²) in [6.45, 7) is 13.0. The molecule has 1 saturated heterocycles. The summed E-state index contributed by atoms with van der Waals surface area (Å²) >= 11 is -2.33. The van der Waals surface area contributed by atoms with E-state index in [4.69, 9.17) is 13.9 Å². The van der Waals surface area contributed by atoms with Gasteiger partial charge >= 0.3 is 234 Å². The fraction of sp³-hybridized carbons (Fsp3) is 0.375. The molecule has 1 heterocycles. The van der Waals surface area contributed by atoms with Crippen LogP contribution in [0.15, 0.2) is 104 Å². The number of benzene rings is 3. The fourth-order valence-corrected chi connectivity index (χ4v) is 12.3. The van der Waals surface area contributed by atoms with Gasteiger partial charge in [-0.2, -0.15) is 0 Å². The summed E-state index contributed by atoms with van der Waals surface area (Å²) in [5.41, 5.74) is 0. The van der Waals surface area contributed by atoms with Gasteiger partial charge in [-0.1, -0.05) is 0 Å². The normalized spacial score (nSPS) is 23.4. The molecule has 1 aliphatic rings. The molecule has 202 valence electrons. The molecule has 38 heavy (non-hydrogen) atoms. The zero-order chi connectivity index (χ0) is 27.2. The predicted octanol–water partition coefficient (Wildman–Crippen LogP) is 5.36. The van der Waals surface area contributed by atoms with Crippen LogP contribution in [0.2, 0.25) is 10.4 Å². The average Bonchev–Trinajstić information content (AvgIpc) is 3.10. The predicted molar refractivity (Wildman–Crippen MR) is 158 cm³/mol. The van der Waals surface area contributed by atoms with Crippen LogP contribution < -0.4 is 14.8 Å². The molecule has 1 fully saturated rings. The molecule has 6 heteroatoms. The molecule has 0 bridgehead atoms. The molecule has 0 spiro atoms. The van der Waals surface area contributed by atoms with Gasteiger partial charge in [0.05, 0.1) is 0 Å². The summed E-state index contributed by atoms with van der Waals surface area (Å²) in [6, 6.07) is 31.0. The molecule has 0 radical (unpaired) electrons. The van der Waals surface area contributed by atoms with Crippen LogP contribution in [0, 0.1) is 0 Å². The van der Waals surface area contributed by atoms with E-state index in [2.05, 4.69) is 94.9 Å². The van der Waals surface area contributed by atoms with E-state index in [1.54, 1.807) is 0 Å². The molecule has 0 amide bonds. The van der Waals surface area contributed by atoms with Gasteiger partial charge in [0.15, 0.2) is 0 Å². The monoisotopic (exact) mass is 596 g/mol. The summed E-state index contributed by atoms with van der Waals surface area (Å²) in [4.78, 5) is 0. The van der Waals surface area contributed by atoms with Crippen LogP contribution in [0.1, 0.15) is 40.5 Å². The van der Waals surface area contributed by atoms with Crippen molar-refractivity contribution in [1.82, 2.24) is 0 Å². The zero-order valence-corrected chi connectivity index (χ0v) is 25.6. The standard InChI is InChI=1S/C32H40O4SeSi/c1-6-25-23-30(29(7-2)35-31(34-25)24-37(33)26-17-11-8-12-18-26)36-38(32(3,4)5,27-19-13-9-14-20-27)28-21-15-10-16-22-28/h6,8-22,25,29-31H,1,7,23-24H2,2-5H3/t25?,29-,30+,31?,37?/m0/s1. The maximum absolute atomic E-state index is 13.2. The first-order valence-corrected chi connectivity index (χ1v) is 18.1. The number of rotatable bonds is 9. The van der Waals surface area contributed by atoms with E-state index in [0.29, 0.717) is 11.7 Å². The first kappa shape index (κ1) is 28.8. The summed E-state index contributed by atoms with van der Waals surface area (Å²) in [7, 11) is -2.79. The minimum atomic E-state index is -2.79. The van der Waals surface area contributed by atoms with E-state index < -0.39 is 28.4 Å². The Bertz CT molecular complexity index is 1140. The first-order valence-electron chi connectivity index (χ1n) is 13.4. The van der Waals surface area contributed by atoms with Crippen molar-refractivity contribution in [3.63, 3.8) is 0 Å². The van der Waals surface area contributed by atoms with Gasteiger partial charge in [0.2, 0.25) is 0 Å². The Morgan fingerprint density at radius 1 is 0.921 bits per heavy atom. The molecule has 4 nitrogen and oxygen atoms in total. The van der Waals surface area contributed by atoms with Crippen LogP contribution in [-0.2, 0) is 17.7 Å². The van der Waals surface area contributed by atoms with Crippen LogP contribution in [-0.4, -0.2) is 46.8 Å². The Balaban J connectivity index is 1.71. The third-order valence-electron chi connectivity index (χ3n) is 7.24. The fourth-order valence-electron chi connectivity index (χ4n) is 5.37. The van der Waals surface area contributed by atoms with Crippen molar-refractivity contribution in [2.45, 2.75) is 75.5 Å². The van der Waals surface area contributed by atoms with Crippen molar-refractivity contribution in [3.8, 4) is 0 Å². The number of ether oxygens (including phenoxy) is 2. The molecule has 3 aromatic carbocycles. The quantitative estimate of drug-likeness (QED) is 0.247. The van der Waals surface area contributed by atoms with E-state index in [1.807, 2.05) is 36.4 Å². The number of hydrogen-bond acceptors (Lipinski definition) is 4. The van der Waals surface area contributed by atoms with E-state index in [-0.39, 0.29) is 23.4 Å². The third-order valence-corrected chi connectivity index (χ3v) is 15.2. The summed E-state index contributed by atoms with van der Waals surface area (Å²) in [5, 5.41) is 2.68. The molecule has 0 aliphatic carbocycles. The van der Waals surface area contributed by atoms with Crippen LogP contribution in [0.25, 0.3) is 0 Å². The van der Waals surface area contributed by atoms with Crippen molar-refractivity contribution >= 4 is 37.0 Å². The van der Waals surface area contributed by atoms with Gasteiger partial charge in [-0.15, -0.1) is 0 Å². The molecular weight excluding hydrogens is 555 g/mol. The van der Waals surface area contributed by atoms with E-state index in [1.165, 1.54) is 10.4 Å². The molecular formula is C32H40O4SeSi. The number of hydrogen-bond donors (Lipinski definition) is 0. The molecule has 4 rings (SSSR count). The van der Waals surface area contributed by atoms with Gasteiger partial charge in [-0.25, -0.2) is 0 Å². The van der Waals surface area contributed by atoms with E-state index >= 15 is 0 Å².